The summed E-state index contributed by atoms with van der Waals surface area (Å²) >= 11 is 0. The van der Waals surface area contributed by atoms with Gasteiger partial charge in [0.25, 0.3) is 0 Å². The van der Waals surface area contributed by atoms with Gasteiger partial charge >= 0.3 is 18.0 Å². The van der Waals surface area contributed by atoms with E-state index < -0.39 is 24.1 Å². The third-order valence-corrected chi connectivity index (χ3v) is 7.40. The third-order valence-electron chi connectivity index (χ3n) is 7.40. The van der Waals surface area contributed by atoms with E-state index in [1.165, 1.54) is 39.1 Å². The first-order chi connectivity index (χ1) is 17.2. The van der Waals surface area contributed by atoms with Gasteiger partial charge in [-0.05, 0) is 76.5 Å². The van der Waals surface area contributed by atoms with Crippen LogP contribution < -0.4 is 21.3 Å². The van der Waals surface area contributed by atoms with Gasteiger partial charge in [-0.15, -0.1) is 0 Å². The van der Waals surface area contributed by atoms with Crippen molar-refractivity contribution >= 4 is 23.9 Å². The molecule has 2 rings (SSSR count). The fraction of sp³-hybridized carbons (Fsp3) is 0.769. The second kappa shape index (κ2) is 15.5. The van der Waals surface area contributed by atoms with E-state index in [-0.39, 0.29) is 18.4 Å². The number of carbonyl (C=O) groups excluding carboxylic acids is 4. The van der Waals surface area contributed by atoms with Crippen molar-refractivity contribution in [3.8, 4) is 0 Å². The van der Waals surface area contributed by atoms with E-state index in [2.05, 4.69) is 30.7 Å². The number of carbonyl (C=O) groups is 4. The van der Waals surface area contributed by atoms with Gasteiger partial charge in [-0.1, -0.05) is 18.4 Å². The minimum atomic E-state index is -0.686. The highest BCUT2D eigenvalue weighted by Gasteiger charge is 2.26. The number of nitrogens with one attached hydrogen (secondary N) is 4. The summed E-state index contributed by atoms with van der Waals surface area (Å²) in [6.45, 7) is 4.06. The Bertz CT molecular complexity index is 768. The maximum Gasteiger partial charge on any atom is 0.328 e. The molecule has 0 aromatic carbocycles. The molecule has 0 spiro atoms. The molecule has 0 bridgehead atoms. The molecule has 0 radical (unpaired) electrons. The van der Waals surface area contributed by atoms with Gasteiger partial charge in [-0.3, -0.25) is 14.9 Å². The second-order valence-electron chi connectivity index (χ2n) is 10.2. The highest BCUT2D eigenvalue weighted by atomic mass is 16.5. The van der Waals surface area contributed by atoms with Crippen molar-refractivity contribution < 1.29 is 28.7 Å². The zero-order chi connectivity index (χ0) is 26.5. The zero-order valence-electron chi connectivity index (χ0n) is 22.2. The van der Waals surface area contributed by atoms with Gasteiger partial charge in [-0.2, -0.15) is 0 Å². The molecule has 4 N–H and O–H groups in total. The van der Waals surface area contributed by atoms with Crippen LogP contribution in [-0.2, 0) is 23.9 Å². The molecule has 2 unspecified atom stereocenters. The lowest BCUT2D eigenvalue weighted by atomic mass is 9.74. The first kappa shape index (κ1) is 29.6. The van der Waals surface area contributed by atoms with E-state index in [9.17, 15) is 19.2 Å². The molecule has 2 fully saturated rings. The molecule has 0 aromatic rings. The summed E-state index contributed by atoms with van der Waals surface area (Å²) in [5, 5.41) is 11.1. The smallest absolute Gasteiger partial charge is 0.328 e. The lowest BCUT2D eigenvalue weighted by molar-refractivity contribution is -0.143. The molecule has 0 aromatic heterocycles. The van der Waals surface area contributed by atoms with Crippen molar-refractivity contribution in [3.63, 3.8) is 0 Å². The van der Waals surface area contributed by atoms with E-state index in [1.807, 2.05) is 0 Å². The predicted molar refractivity (Wildman–Crippen MR) is 136 cm³/mol. The number of urea groups is 1. The summed E-state index contributed by atoms with van der Waals surface area (Å²) in [6.07, 6.45) is 12.0. The number of methoxy groups -OCH3 is 2. The van der Waals surface area contributed by atoms with Crippen LogP contribution in [0, 0.1) is 17.8 Å². The molecule has 2 aliphatic carbocycles. The lowest BCUT2D eigenvalue weighted by Crippen LogP contribution is -2.43. The van der Waals surface area contributed by atoms with Crippen LogP contribution in [0.5, 0.6) is 0 Å². The molecular formula is C26H44N4O6. The molecule has 2 saturated carbocycles. The lowest BCUT2D eigenvalue weighted by Gasteiger charge is -2.33. The minimum Gasteiger partial charge on any atom is -0.468 e. The molecule has 0 heterocycles. The van der Waals surface area contributed by atoms with Gasteiger partial charge in [-0.25, -0.2) is 9.59 Å². The number of hydrogen-bond acceptors (Lipinski definition) is 7. The van der Waals surface area contributed by atoms with E-state index in [1.54, 1.807) is 20.0 Å². The Morgan fingerprint density at radius 2 is 1.42 bits per heavy atom. The van der Waals surface area contributed by atoms with E-state index in [0.29, 0.717) is 12.5 Å². The molecular weight excluding hydrogens is 464 g/mol. The number of hydrogen-bond donors (Lipinski definition) is 4. The number of esters is 2. The van der Waals surface area contributed by atoms with Crippen molar-refractivity contribution in [3.05, 3.63) is 11.8 Å². The zero-order valence-corrected chi connectivity index (χ0v) is 22.2. The molecule has 10 heteroatoms. The van der Waals surface area contributed by atoms with Crippen LogP contribution in [-0.4, -0.2) is 63.3 Å². The van der Waals surface area contributed by atoms with Gasteiger partial charge in [0.1, 0.15) is 12.1 Å². The van der Waals surface area contributed by atoms with Crippen LogP contribution in [0.15, 0.2) is 11.8 Å². The third kappa shape index (κ3) is 10.6. The van der Waals surface area contributed by atoms with Crippen LogP contribution in [0.1, 0.15) is 71.6 Å². The van der Waals surface area contributed by atoms with E-state index in [4.69, 9.17) is 0 Å². The minimum absolute atomic E-state index is 0.0936. The Labute approximate surface area is 214 Å². The molecule has 0 aliphatic heterocycles. The average Bonchev–Trinajstić information content (AvgIpc) is 2.89. The van der Waals surface area contributed by atoms with E-state index in [0.717, 1.165) is 50.4 Å². The fourth-order valence-electron chi connectivity index (χ4n) is 5.04. The quantitative estimate of drug-likeness (QED) is 0.315. The fourth-order valence-corrected chi connectivity index (χ4v) is 5.04. The molecule has 3 amide bonds. The van der Waals surface area contributed by atoms with Crippen LogP contribution in [0.2, 0.25) is 0 Å². The van der Waals surface area contributed by atoms with Crippen molar-refractivity contribution in [2.24, 2.45) is 17.8 Å². The van der Waals surface area contributed by atoms with Crippen LogP contribution in [0.4, 0.5) is 4.79 Å². The number of ether oxygens (including phenoxy) is 2. The monoisotopic (exact) mass is 508 g/mol. The van der Waals surface area contributed by atoms with Crippen molar-refractivity contribution in [2.75, 3.05) is 27.3 Å². The molecule has 10 nitrogen and oxygen atoms in total. The molecule has 0 saturated heterocycles. The summed E-state index contributed by atoms with van der Waals surface area (Å²) in [5.74, 6) is 1.04. The molecule has 2 aliphatic rings. The first-order valence-electron chi connectivity index (χ1n) is 13.1. The predicted octanol–water partition coefficient (Wildman–Crippen LogP) is 2.39. The molecule has 2 atom stereocenters. The SMILES string of the molecule is COC(=O)C(C)NCC(=O)NCC1CCC(CC2CCC(=CNC(=O)NC(C)C(=O)OC)CC2)CC1. The number of rotatable bonds is 11. The molecule has 36 heavy (non-hydrogen) atoms. The van der Waals surface area contributed by atoms with Gasteiger partial charge in [0.2, 0.25) is 5.91 Å². The van der Waals surface area contributed by atoms with Gasteiger partial charge in [0.05, 0.1) is 20.8 Å². The highest BCUT2D eigenvalue weighted by Crippen LogP contribution is 2.38. The summed E-state index contributed by atoms with van der Waals surface area (Å²) in [4.78, 5) is 46.8. The van der Waals surface area contributed by atoms with Crippen molar-refractivity contribution in [2.45, 2.75) is 83.7 Å². The largest absolute Gasteiger partial charge is 0.468 e. The Hall–Kier alpha value is -2.62. The van der Waals surface area contributed by atoms with Crippen molar-refractivity contribution in [1.82, 2.24) is 21.3 Å². The summed E-state index contributed by atoms with van der Waals surface area (Å²) in [6, 6.07) is -1.59. The maximum atomic E-state index is 12.0. The Morgan fingerprint density at radius 1 is 0.861 bits per heavy atom. The maximum absolute atomic E-state index is 12.0. The second-order valence-corrected chi connectivity index (χ2v) is 10.2. The van der Waals surface area contributed by atoms with E-state index >= 15 is 0 Å². The van der Waals surface area contributed by atoms with Crippen LogP contribution in [0.25, 0.3) is 0 Å². The topological polar surface area (TPSA) is 135 Å². The first-order valence-corrected chi connectivity index (χ1v) is 13.1. The Balaban J connectivity index is 1.58. The standard InChI is InChI=1S/C26H44N4O6/c1-17(24(32)35-3)27-16-23(31)28-14-21-9-5-19(6-10-21)13-20-7-11-22(12-8-20)15-29-26(34)30-18(2)25(33)36-4/h15,17-21,27H,5-14,16H2,1-4H3,(H,28,31)(H2,29,30,34). The normalized spacial score (nSPS) is 23.6. The Kier molecular flexibility index (Phi) is 12.7. The van der Waals surface area contributed by atoms with Crippen LogP contribution in [0.3, 0.4) is 0 Å². The summed E-state index contributed by atoms with van der Waals surface area (Å²) < 4.78 is 9.25. The van der Waals surface area contributed by atoms with Gasteiger partial charge < -0.3 is 25.4 Å². The highest BCUT2D eigenvalue weighted by molar-refractivity contribution is 5.83. The molecule has 204 valence electrons. The average molecular weight is 509 g/mol. The number of amides is 3. The van der Waals surface area contributed by atoms with Gasteiger partial charge in [0, 0.05) is 12.7 Å². The summed E-state index contributed by atoms with van der Waals surface area (Å²) in [7, 11) is 2.62. The van der Waals surface area contributed by atoms with Crippen LogP contribution >= 0.6 is 0 Å². The number of allylic oxidation sites excluding steroid dienone is 1. The Morgan fingerprint density at radius 3 is 2.03 bits per heavy atom. The summed E-state index contributed by atoms with van der Waals surface area (Å²) in [5.41, 5.74) is 1.24. The van der Waals surface area contributed by atoms with Gasteiger partial charge in [0.15, 0.2) is 0 Å². The van der Waals surface area contributed by atoms with Crippen molar-refractivity contribution in [1.29, 1.82) is 0 Å².